The van der Waals surface area contributed by atoms with E-state index in [0.717, 1.165) is 24.6 Å². The Morgan fingerprint density at radius 2 is 1.84 bits per heavy atom. The van der Waals surface area contributed by atoms with E-state index in [0.29, 0.717) is 19.0 Å². The minimum atomic E-state index is -3.35. The predicted molar refractivity (Wildman–Crippen MR) is 83.7 cm³/mol. The molecule has 0 spiro atoms. The van der Waals surface area contributed by atoms with Crippen LogP contribution in [0.5, 0.6) is 0 Å². The van der Waals surface area contributed by atoms with Gasteiger partial charge in [0.15, 0.2) is 0 Å². The lowest BCUT2D eigenvalue weighted by atomic mass is 9.86. The quantitative estimate of drug-likeness (QED) is 0.771. The number of rotatable bonds is 5. The van der Waals surface area contributed by atoms with Crippen molar-refractivity contribution in [1.82, 2.24) is 9.03 Å². The highest BCUT2D eigenvalue weighted by Crippen LogP contribution is 2.25. The van der Waals surface area contributed by atoms with Crippen molar-refractivity contribution in [3.8, 4) is 0 Å². The van der Waals surface area contributed by atoms with Crippen LogP contribution in [0.2, 0.25) is 0 Å². The van der Waals surface area contributed by atoms with E-state index in [1.54, 1.807) is 4.31 Å². The van der Waals surface area contributed by atoms with Crippen LogP contribution in [0.25, 0.3) is 0 Å². The molecular formula is C13H27BrN2O2S. The summed E-state index contributed by atoms with van der Waals surface area (Å²) < 4.78 is 29.3. The topological polar surface area (TPSA) is 49.4 Å². The largest absolute Gasteiger partial charge is 0.279 e. The number of piperidine rings is 1. The van der Waals surface area contributed by atoms with Crippen LogP contribution in [0.4, 0.5) is 0 Å². The van der Waals surface area contributed by atoms with Gasteiger partial charge in [0.05, 0.1) is 0 Å². The highest BCUT2D eigenvalue weighted by molar-refractivity contribution is 9.09. The summed E-state index contributed by atoms with van der Waals surface area (Å²) in [6.45, 7) is 9.67. The predicted octanol–water partition coefficient (Wildman–Crippen LogP) is 2.75. The van der Waals surface area contributed by atoms with Crippen LogP contribution < -0.4 is 4.72 Å². The van der Waals surface area contributed by atoms with Crippen LogP contribution in [0, 0.1) is 11.3 Å². The molecule has 1 heterocycles. The van der Waals surface area contributed by atoms with Crippen molar-refractivity contribution in [2.45, 2.75) is 53.0 Å². The van der Waals surface area contributed by atoms with Crippen LogP contribution in [-0.2, 0) is 10.2 Å². The first-order valence-electron chi connectivity index (χ1n) is 7.00. The third-order valence-electron chi connectivity index (χ3n) is 3.82. The minimum Gasteiger partial charge on any atom is -0.198 e. The van der Waals surface area contributed by atoms with Crippen molar-refractivity contribution in [1.29, 1.82) is 0 Å². The molecular weight excluding hydrogens is 328 g/mol. The van der Waals surface area contributed by atoms with Gasteiger partial charge in [0.1, 0.15) is 0 Å². The Balaban J connectivity index is 2.71. The Morgan fingerprint density at radius 3 is 2.26 bits per heavy atom. The molecule has 0 bridgehead atoms. The number of hydrogen-bond acceptors (Lipinski definition) is 2. The third-order valence-corrected chi connectivity index (χ3v) is 5.90. The first-order chi connectivity index (χ1) is 8.66. The van der Waals surface area contributed by atoms with Gasteiger partial charge in [-0.1, -0.05) is 43.6 Å². The van der Waals surface area contributed by atoms with Crippen molar-refractivity contribution >= 4 is 26.1 Å². The summed E-state index contributed by atoms with van der Waals surface area (Å²) in [5, 5.41) is 0.800. The lowest BCUT2D eigenvalue weighted by Crippen LogP contribution is -2.51. The minimum absolute atomic E-state index is 0.0452. The highest BCUT2D eigenvalue weighted by atomic mass is 79.9. The van der Waals surface area contributed by atoms with Gasteiger partial charge in [-0.3, -0.25) is 0 Å². The summed E-state index contributed by atoms with van der Waals surface area (Å²) in [5.41, 5.74) is -0.0794. The van der Waals surface area contributed by atoms with Gasteiger partial charge in [-0.25, -0.2) is 0 Å². The Morgan fingerprint density at radius 1 is 1.32 bits per heavy atom. The molecule has 0 aromatic rings. The maximum Gasteiger partial charge on any atom is 0.279 e. The Labute approximate surface area is 126 Å². The Kier molecular flexibility index (Phi) is 6.29. The molecule has 0 aliphatic carbocycles. The summed E-state index contributed by atoms with van der Waals surface area (Å²) in [5.74, 6) is 0.632. The normalized spacial score (nSPS) is 21.5. The molecule has 0 aromatic heterocycles. The summed E-state index contributed by atoms with van der Waals surface area (Å²) in [6.07, 6.45) is 2.71. The Hall–Kier alpha value is 0.350. The van der Waals surface area contributed by atoms with Crippen molar-refractivity contribution in [3.05, 3.63) is 0 Å². The average Bonchev–Trinajstić information content (AvgIpc) is 2.27. The second-order valence-corrected chi connectivity index (χ2v) is 9.10. The molecule has 1 aliphatic heterocycles. The zero-order chi connectivity index (χ0) is 14.7. The van der Waals surface area contributed by atoms with Gasteiger partial charge in [-0.2, -0.15) is 17.4 Å². The molecule has 1 fully saturated rings. The van der Waals surface area contributed by atoms with Gasteiger partial charge >= 0.3 is 0 Å². The maximum atomic E-state index is 12.4. The third kappa shape index (κ3) is 5.33. The maximum absolute atomic E-state index is 12.4. The van der Waals surface area contributed by atoms with E-state index in [9.17, 15) is 8.42 Å². The molecule has 1 rings (SSSR count). The van der Waals surface area contributed by atoms with E-state index < -0.39 is 10.2 Å². The second kappa shape index (κ2) is 6.87. The van der Waals surface area contributed by atoms with Crippen molar-refractivity contribution < 1.29 is 8.42 Å². The zero-order valence-corrected chi connectivity index (χ0v) is 14.8. The molecule has 0 saturated carbocycles. The average molecular weight is 355 g/mol. The first-order valence-corrected chi connectivity index (χ1v) is 9.56. The molecule has 1 aliphatic rings. The van der Waals surface area contributed by atoms with E-state index in [2.05, 4.69) is 48.3 Å². The van der Waals surface area contributed by atoms with Gasteiger partial charge in [0, 0.05) is 24.5 Å². The zero-order valence-electron chi connectivity index (χ0n) is 12.4. The fourth-order valence-electron chi connectivity index (χ4n) is 2.26. The van der Waals surface area contributed by atoms with Gasteiger partial charge in [0.25, 0.3) is 10.2 Å². The van der Waals surface area contributed by atoms with Crippen LogP contribution >= 0.6 is 15.9 Å². The van der Waals surface area contributed by atoms with Gasteiger partial charge in [-0.05, 0) is 30.6 Å². The molecule has 1 unspecified atom stereocenters. The van der Waals surface area contributed by atoms with E-state index >= 15 is 0 Å². The Bertz CT molecular complexity index is 371. The number of hydrogen-bond donors (Lipinski definition) is 1. The molecule has 0 radical (unpaired) electrons. The van der Waals surface area contributed by atoms with Gasteiger partial charge < -0.3 is 0 Å². The van der Waals surface area contributed by atoms with Crippen LogP contribution in [-0.4, -0.2) is 37.2 Å². The number of nitrogens with zero attached hydrogens (tertiary/aromatic N) is 1. The number of nitrogens with one attached hydrogen (secondary N) is 1. The molecule has 0 aromatic carbocycles. The lowest BCUT2D eigenvalue weighted by Gasteiger charge is -2.35. The molecule has 114 valence electrons. The first kappa shape index (κ1) is 17.4. The summed E-state index contributed by atoms with van der Waals surface area (Å²) in [4.78, 5) is 0. The van der Waals surface area contributed by atoms with E-state index in [1.807, 2.05) is 0 Å². The number of halogens is 1. The van der Waals surface area contributed by atoms with Gasteiger partial charge in [-0.15, -0.1) is 0 Å². The molecule has 1 saturated heterocycles. The standard InChI is InChI=1S/C13H27BrN2O2S/c1-11-6-9-16(10-7-11)19(17,18)15-12(5-8-14)13(2,3)4/h11-12,15H,5-10H2,1-4H3. The highest BCUT2D eigenvalue weighted by Gasteiger charge is 2.32. The van der Waals surface area contributed by atoms with E-state index in [1.165, 1.54) is 0 Å². The number of alkyl halides is 1. The molecule has 6 heteroatoms. The van der Waals surface area contributed by atoms with Crippen LogP contribution in [0.1, 0.15) is 47.0 Å². The summed E-state index contributed by atoms with van der Waals surface area (Å²) in [7, 11) is -3.35. The monoisotopic (exact) mass is 354 g/mol. The van der Waals surface area contributed by atoms with Gasteiger partial charge in [0.2, 0.25) is 0 Å². The molecule has 1 N–H and O–H groups in total. The van der Waals surface area contributed by atoms with Crippen molar-refractivity contribution in [2.75, 3.05) is 18.4 Å². The molecule has 4 nitrogen and oxygen atoms in total. The van der Waals surface area contributed by atoms with E-state index in [-0.39, 0.29) is 11.5 Å². The fourth-order valence-corrected chi connectivity index (χ4v) is 4.39. The summed E-state index contributed by atoms with van der Waals surface area (Å²) >= 11 is 3.41. The molecule has 19 heavy (non-hydrogen) atoms. The van der Waals surface area contributed by atoms with Crippen LogP contribution in [0.3, 0.4) is 0 Å². The smallest absolute Gasteiger partial charge is 0.198 e. The van der Waals surface area contributed by atoms with Crippen molar-refractivity contribution in [3.63, 3.8) is 0 Å². The van der Waals surface area contributed by atoms with Crippen molar-refractivity contribution in [2.24, 2.45) is 11.3 Å². The molecule has 0 amide bonds. The lowest BCUT2D eigenvalue weighted by molar-refractivity contribution is 0.262. The fraction of sp³-hybridized carbons (Fsp3) is 1.00. The van der Waals surface area contributed by atoms with Crippen LogP contribution in [0.15, 0.2) is 0 Å². The second-order valence-electron chi connectivity index (χ2n) is 6.60. The van der Waals surface area contributed by atoms with E-state index in [4.69, 9.17) is 0 Å². The summed E-state index contributed by atoms with van der Waals surface area (Å²) in [6, 6.07) is -0.0452. The molecule has 1 atom stereocenters. The SMILES string of the molecule is CC1CCN(S(=O)(=O)NC(CCBr)C(C)(C)C)CC1.